The maximum absolute atomic E-state index is 13.0. The van der Waals surface area contributed by atoms with Gasteiger partial charge in [-0.25, -0.2) is 17.8 Å². The third-order valence-electron chi connectivity index (χ3n) is 2.27. The maximum Gasteiger partial charge on any atom is 0.263 e. The highest BCUT2D eigenvalue weighted by Gasteiger charge is 2.17. The fraction of sp³-hybridized carbons (Fsp3) is 0. The van der Waals surface area contributed by atoms with Gasteiger partial charge in [-0.15, -0.1) is 0 Å². The van der Waals surface area contributed by atoms with Crippen molar-refractivity contribution in [3.05, 3.63) is 47.4 Å². The van der Waals surface area contributed by atoms with E-state index in [9.17, 15) is 12.8 Å². The highest BCUT2D eigenvalue weighted by Crippen LogP contribution is 2.23. The number of sulfonamides is 1. The van der Waals surface area contributed by atoms with Crippen molar-refractivity contribution in [2.45, 2.75) is 4.90 Å². The molecule has 0 fully saturated rings. The van der Waals surface area contributed by atoms with Gasteiger partial charge in [-0.2, -0.15) is 0 Å². The molecule has 5 nitrogen and oxygen atoms in total. The number of hydrogen-bond donors (Lipinski definition) is 2. The van der Waals surface area contributed by atoms with Gasteiger partial charge in [0.2, 0.25) is 0 Å². The molecule has 2 aromatic rings. The second-order valence-corrected chi connectivity index (χ2v) is 5.71. The third kappa shape index (κ3) is 2.94. The van der Waals surface area contributed by atoms with Gasteiger partial charge in [0.15, 0.2) is 5.82 Å². The standard InChI is InChI=1S/C11H9ClFN3O2S/c12-8-2-1-5-15-11(8)16-19(17,18)7-3-4-9(13)10(14)6-7/h1-6H,14H2,(H,15,16). The molecule has 0 saturated carbocycles. The van der Waals surface area contributed by atoms with Crippen molar-refractivity contribution in [1.82, 2.24) is 4.98 Å². The van der Waals surface area contributed by atoms with Crippen LogP contribution >= 0.6 is 11.6 Å². The van der Waals surface area contributed by atoms with E-state index in [0.29, 0.717) is 0 Å². The lowest BCUT2D eigenvalue weighted by Crippen LogP contribution is -2.14. The van der Waals surface area contributed by atoms with Crippen LogP contribution < -0.4 is 10.5 Å². The van der Waals surface area contributed by atoms with E-state index in [-0.39, 0.29) is 21.4 Å². The van der Waals surface area contributed by atoms with Crippen LogP contribution in [0.3, 0.4) is 0 Å². The Labute approximate surface area is 114 Å². The smallest absolute Gasteiger partial charge is 0.263 e. The molecule has 0 saturated heterocycles. The molecule has 3 N–H and O–H groups in total. The average molecular weight is 302 g/mol. The summed E-state index contributed by atoms with van der Waals surface area (Å²) in [4.78, 5) is 3.63. The van der Waals surface area contributed by atoms with Gasteiger partial charge in [-0.05, 0) is 30.3 Å². The van der Waals surface area contributed by atoms with Crippen LogP contribution in [0.1, 0.15) is 0 Å². The lowest BCUT2D eigenvalue weighted by atomic mass is 10.3. The highest BCUT2D eigenvalue weighted by atomic mass is 35.5. The first-order valence-corrected chi connectivity index (χ1v) is 6.94. The number of nitrogen functional groups attached to an aromatic ring is 1. The van der Waals surface area contributed by atoms with E-state index in [2.05, 4.69) is 9.71 Å². The minimum absolute atomic E-state index is 0.00735. The molecule has 8 heteroatoms. The molecule has 0 bridgehead atoms. The molecule has 19 heavy (non-hydrogen) atoms. The summed E-state index contributed by atoms with van der Waals surface area (Å²) < 4.78 is 39.3. The first-order valence-electron chi connectivity index (χ1n) is 5.08. The van der Waals surface area contributed by atoms with E-state index in [1.54, 1.807) is 6.07 Å². The topological polar surface area (TPSA) is 85.1 Å². The molecule has 1 aromatic carbocycles. The Morgan fingerprint density at radius 1 is 1.32 bits per heavy atom. The second-order valence-electron chi connectivity index (χ2n) is 3.62. The van der Waals surface area contributed by atoms with Crippen LogP contribution in [0.15, 0.2) is 41.4 Å². The third-order valence-corrected chi connectivity index (χ3v) is 3.91. The van der Waals surface area contributed by atoms with Crippen molar-refractivity contribution in [3.63, 3.8) is 0 Å². The Morgan fingerprint density at radius 2 is 2.05 bits per heavy atom. The van der Waals surface area contributed by atoms with E-state index in [0.717, 1.165) is 18.2 Å². The number of pyridine rings is 1. The van der Waals surface area contributed by atoms with Crippen LogP contribution in [0.25, 0.3) is 0 Å². The summed E-state index contributed by atoms with van der Waals surface area (Å²) in [5.74, 6) is -0.693. The highest BCUT2D eigenvalue weighted by molar-refractivity contribution is 7.92. The van der Waals surface area contributed by atoms with E-state index >= 15 is 0 Å². The van der Waals surface area contributed by atoms with Crippen LogP contribution in [-0.2, 0) is 10.0 Å². The summed E-state index contributed by atoms with van der Waals surface area (Å²) in [6.45, 7) is 0. The molecule has 2 rings (SSSR count). The van der Waals surface area contributed by atoms with Crippen molar-refractivity contribution in [3.8, 4) is 0 Å². The predicted octanol–water partition coefficient (Wildman–Crippen LogP) is 2.26. The molecule has 0 radical (unpaired) electrons. The maximum atomic E-state index is 13.0. The Bertz CT molecular complexity index is 722. The quantitative estimate of drug-likeness (QED) is 0.852. The summed E-state index contributed by atoms with van der Waals surface area (Å²) in [6, 6.07) is 6.16. The van der Waals surface area contributed by atoms with Gasteiger partial charge in [0.05, 0.1) is 15.6 Å². The zero-order valence-corrected chi connectivity index (χ0v) is 11.0. The molecule has 0 aliphatic heterocycles. The van der Waals surface area contributed by atoms with Crippen molar-refractivity contribution in [2.24, 2.45) is 0 Å². The van der Waals surface area contributed by atoms with Gasteiger partial charge in [-0.1, -0.05) is 11.6 Å². The molecule has 100 valence electrons. The largest absolute Gasteiger partial charge is 0.396 e. The van der Waals surface area contributed by atoms with Crippen molar-refractivity contribution in [1.29, 1.82) is 0 Å². The van der Waals surface area contributed by atoms with Gasteiger partial charge < -0.3 is 5.73 Å². The van der Waals surface area contributed by atoms with Crippen LogP contribution in [0.5, 0.6) is 0 Å². The molecule has 0 amide bonds. The van der Waals surface area contributed by atoms with Crippen LogP contribution in [0.4, 0.5) is 15.9 Å². The average Bonchev–Trinajstić information content (AvgIpc) is 2.35. The lowest BCUT2D eigenvalue weighted by Gasteiger charge is -2.09. The minimum atomic E-state index is -3.92. The summed E-state index contributed by atoms with van der Waals surface area (Å²) in [7, 11) is -3.92. The number of benzene rings is 1. The molecule has 1 heterocycles. The van der Waals surface area contributed by atoms with E-state index in [4.69, 9.17) is 17.3 Å². The van der Waals surface area contributed by atoms with E-state index < -0.39 is 15.8 Å². The molecule has 0 atom stereocenters. The number of nitrogens with zero attached hydrogens (tertiary/aromatic N) is 1. The normalized spacial score (nSPS) is 11.3. The van der Waals surface area contributed by atoms with Crippen LogP contribution in [-0.4, -0.2) is 13.4 Å². The molecule has 0 spiro atoms. The number of nitrogens with one attached hydrogen (secondary N) is 1. The number of aromatic nitrogens is 1. The lowest BCUT2D eigenvalue weighted by molar-refractivity contribution is 0.600. The number of nitrogens with two attached hydrogens (primary N) is 1. The Hall–Kier alpha value is -1.86. The van der Waals surface area contributed by atoms with Gasteiger partial charge >= 0.3 is 0 Å². The molecular formula is C11H9ClFN3O2S. The summed E-state index contributed by atoms with van der Waals surface area (Å²) >= 11 is 5.80. The number of hydrogen-bond acceptors (Lipinski definition) is 4. The Balaban J connectivity index is 2.38. The van der Waals surface area contributed by atoms with Gasteiger partial charge in [0.1, 0.15) is 5.82 Å². The first-order chi connectivity index (χ1) is 8.90. The summed E-state index contributed by atoms with van der Waals surface area (Å²) in [6.07, 6.45) is 1.39. The summed E-state index contributed by atoms with van der Waals surface area (Å²) in [5.41, 5.74) is 5.08. The van der Waals surface area contributed by atoms with Crippen LogP contribution in [0.2, 0.25) is 5.02 Å². The van der Waals surface area contributed by atoms with Crippen molar-refractivity contribution >= 4 is 33.1 Å². The zero-order valence-electron chi connectivity index (χ0n) is 9.47. The SMILES string of the molecule is Nc1cc(S(=O)(=O)Nc2ncccc2Cl)ccc1F. The van der Waals surface area contributed by atoms with Crippen molar-refractivity contribution in [2.75, 3.05) is 10.5 Å². The fourth-order valence-electron chi connectivity index (χ4n) is 1.34. The molecular weight excluding hydrogens is 293 g/mol. The fourth-order valence-corrected chi connectivity index (χ4v) is 2.63. The molecule has 0 aliphatic carbocycles. The number of halogens is 2. The number of rotatable bonds is 3. The van der Waals surface area contributed by atoms with E-state index in [1.807, 2.05) is 0 Å². The van der Waals surface area contributed by atoms with Gasteiger partial charge in [0, 0.05) is 6.20 Å². The zero-order chi connectivity index (χ0) is 14.0. The van der Waals surface area contributed by atoms with E-state index in [1.165, 1.54) is 12.3 Å². The first kappa shape index (κ1) is 13.6. The minimum Gasteiger partial charge on any atom is -0.396 e. The summed E-state index contributed by atoms with van der Waals surface area (Å²) in [5, 5.41) is 0.154. The van der Waals surface area contributed by atoms with Gasteiger partial charge in [-0.3, -0.25) is 4.72 Å². The van der Waals surface area contributed by atoms with Crippen molar-refractivity contribution < 1.29 is 12.8 Å². The predicted molar refractivity (Wildman–Crippen MR) is 70.9 cm³/mol. The molecule has 0 unspecified atom stereocenters. The Kier molecular flexibility index (Phi) is 3.59. The monoisotopic (exact) mass is 301 g/mol. The second kappa shape index (κ2) is 5.02. The molecule has 1 aromatic heterocycles. The van der Waals surface area contributed by atoms with Crippen LogP contribution in [0, 0.1) is 5.82 Å². The molecule has 0 aliphatic rings. The Morgan fingerprint density at radius 3 is 2.68 bits per heavy atom. The number of anilines is 2. The van der Waals surface area contributed by atoms with Gasteiger partial charge in [0.25, 0.3) is 10.0 Å².